The predicted octanol–water partition coefficient (Wildman–Crippen LogP) is 3.28. The molecule has 31 heavy (non-hydrogen) atoms. The van der Waals surface area contributed by atoms with Gasteiger partial charge in [-0.25, -0.2) is 15.0 Å². The van der Waals surface area contributed by atoms with Crippen molar-refractivity contribution in [2.45, 2.75) is 13.1 Å². The van der Waals surface area contributed by atoms with Crippen molar-refractivity contribution in [2.75, 3.05) is 50.8 Å². The zero-order valence-corrected chi connectivity index (χ0v) is 19.5. The van der Waals surface area contributed by atoms with E-state index in [1.807, 2.05) is 25.1 Å². The summed E-state index contributed by atoms with van der Waals surface area (Å²) in [6.07, 6.45) is -1.45. The number of aliphatic imine (C=N–C) groups is 1. The van der Waals surface area contributed by atoms with Crippen LogP contribution < -0.4 is 15.0 Å². The van der Waals surface area contributed by atoms with E-state index in [4.69, 9.17) is 4.74 Å². The Balaban J connectivity index is 0.00000341. The number of aromatic nitrogens is 2. The van der Waals surface area contributed by atoms with Gasteiger partial charge in [-0.1, -0.05) is 6.07 Å². The van der Waals surface area contributed by atoms with Gasteiger partial charge in [-0.2, -0.15) is 13.2 Å². The Labute approximate surface area is 196 Å². The molecule has 2 aromatic rings. The van der Waals surface area contributed by atoms with E-state index in [0.29, 0.717) is 6.54 Å². The second-order valence-electron chi connectivity index (χ2n) is 6.60. The van der Waals surface area contributed by atoms with E-state index in [-0.39, 0.29) is 37.1 Å². The van der Waals surface area contributed by atoms with E-state index in [9.17, 15) is 13.2 Å². The minimum absolute atomic E-state index is 0. The maximum Gasteiger partial charge on any atom is 0.421 e. The van der Waals surface area contributed by atoms with Crippen LogP contribution in [0.4, 0.5) is 19.0 Å². The number of hydrogen-bond donors (Lipinski definition) is 1. The average molecular weight is 550 g/mol. The van der Waals surface area contributed by atoms with Crippen LogP contribution in [0.2, 0.25) is 0 Å². The maximum absolute atomic E-state index is 13.0. The van der Waals surface area contributed by atoms with Gasteiger partial charge < -0.3 is 19.9 Å². The van der Waals surface area contributed by atoms with Gasteiger partial charge in [0, 0.05) is 45.1 Å². The van der Waals surface area contributed by atoms with Gasteiger partial charge in [0.1, 0.15) is 18.0 Å². The van der Waals surface area contributed by atoms with Crippen molar-refractivity contribution >= 4 is 35.8 Å². The fourth-order valence-electron chi connectivity index (χ4n) is 3.13. The molecule has 0 radical (unpaired) electrons. The molecule has 3 rings (SSSR count). The van der Waals surface area contributed by atoms with Crippen molar-refractivity contribution in [3.05, 3.63) is 48.3 Å². The van der Waals surface area contributed by atoms with Gasteiger partial charge in [0.05, 0.1) is 6.54 Å². The van der Waals surface area contributed by atoms with Crippen molar-refractivity contribution in [3.8, 4) is 5.88 Å². The van der Waals surface area contributed by atoms with Gasteiger partial charge in [-0.15, -0.1) is 24.0 Å². The zero-order chi connectivity index (χ0) is 21.4. The monoisotopic (exact) mass is 550 g/mol. The quantitative estimate of drug-likeness (QED) is 0.258. The molecule has 1 fully saturated rings. The molecule has 0 amide bonds. The minimum Gasteiger partial charge on any atom is -0.475 e. The van der Waals surface area contributed by atoms with E-state index in [0.717, 1.165) is 44.0 Å². The highest BCUT2D eigenvalue weighted by atomic mass is 127. The van der Waals surface area contributed by atoms with Crippen LogP contribution in [0.1, 0.15) is 12.5 Å². The fraction of sp³-hybridized carbons (Fsp3) is 0.450. The van der Waals surface area contributed by atoms with Crippen molar-refractivity contribution in [3.63, 3.8) is 0 Å². The molecule has 2 aromatic heterocycles. The standard InChI is InChI=1S/C20H25F3N6O.HI/c1-2-24-19(29-13-11-28(12-14-29)17-7-3-4-8-25-17)27-10-15-30-18-16(20(21,22)23)6-5-9-26-18;/h3-9H,2,10-15H2,1H3,(H,24,27);1H. The molecule has 1 aliphatic rings. The van der Waals surface area contributed by atoms with Crippen LogP contribution in [0.3, 0.4) is 0 Å². The highest BCUT2D eigenvalue weighted by Gasteiger charge is 2.35. The number of nitrogens with one attached hydrogen (secondary N) is 1. The third kappa shape index (κ3) is 7.11. The van der Waals surface area contributed by atoms with Crippen molar-refractivity contribution in [2.24, 2.45) is 4.99 Å². The molecule has 11 heteroatoms. The number of alkyl halides is 3. The lowest BCUT2D eigenvalue weighted by Gasteiger charge is -2.37. The lowest BCUT2D eigenvalue weighted by molar-refractivity contribution is -0.139. The molecule has 3 heterocycles. The molecule has 0 atom stereocenters. The number of pyridine rings is 2. The van der Waals surface area contributed by atoms with Gasteiger partial charge >= 0.3 is 6.18 Å². The Morgan fingerprint density at radius 2 is 1.84 bits per heavy atom. The van der Waals surface area contributed by atoms with Crippen LogP contribution in [-0.2, 0) is 6.18 Å². The summed E-state index contributed by atoms with van der Waals surface area (Å²) in [7, 11) is 0. The maximum atomic E-state index is 13.0. The molecule has 0 aromatic carbocycles. The van der Waals surface area contributed by atoms with Gasteiger partial charge in [-0.3, -0.25) is 0 Å². The van der Waals surface area contributed by atoms with Crippen molar-refractivity contribution in [1.29, 1.82) is 0 Å². The first kappa shape index (κ1) is 25.0. The second kappa shape index (κ2) is 11.9. The third-order valence-electron chi connectivity index (χ3n) is 4.56. The minimum atomic E-state index is -4.50. The first-order valence-corrected chi connectivity index (χ1v) is 9.83. The first-order chi connectivity index (χ1) is 14.5. The number of nitrogens with zero attached hydrogens (tertiary/aromatic N) is 5. The summed E-state index contributed by atoms with van der Waals surface area (Å²) in [5.41, 5.74) is -0.883. The lowest BCUT2D eigenvalue weighted by atomic mass is 10.2. The van der Waals surface area contributed by atoms with Crippen LogP contribution in [0.15, 0.2) is 47.7 Å². The molecular weight excluding hydrogens is 524 g/mol. The number of anilines is 1. The molecular formula is C20H26F3IN6O. The fourth-order valence-corrected chi connectivity index (χ4v) is 3.13. The smallest absolute Gasteiger partial charge is 0.421 e. The summed E-state index contributed by atoms with van der Waals surface area (Å²) in [5, 5.41) is 3.23. The molecule has 7 nitrogen and oxygen atoms in total. The first-order valence-electron chi connectivity index (χ1n) is 9.83. The molecule has 0 aliphatic carbocycles. The average Bonchev–Trinajstić information content (AvgIpc) is 2.76. The number of rotatable bonds is 6. The topological polar surface area (TPSA) is 65.9 Å². The van der Waals surface area contributed by atoms with Crippen LogP contribution >= 0.6 is 24.0 Å². The van der Waals surface area contributed by atoms with Crippen LogP contribution in [0.5, 0.6) is 5.88 Å². The number of ether oxygens (including phenoxy) is 1. The normalized spacial score (nSPS) is 14.8. The van der Waals surface area contributed by atoms with E-state index < -0.39 is 17.6 Å². The molecule has 0 saturated carbocycles. The van der Waals surface area contributed by atoms with Gasteiger partial charge in [0.25, 0.3) is 0 Å². The van der Waals surface area contributed by atoms with Crippen LogP contribution in [0.25, 0.3) is 0 Å². The van der Waals surface area contributed by atoms with E-state index in [2.05, 4.69) is 30.1 Å². The van der Waals surface area contributed by atoms with Gasteiger partial charge in [0.15, 0.2) is 5.96 Å². The third-order valence-corrected chi connectivity index (χ3v) is 4.56. The predicted molar refractivity (Wildman–Crippen MR) is 124 cm³/mol. The van der Waals surface area contributed by atoms with Crippen molar-refractivity contribution in [1.82, 2.24) is 20.2 Å². The van der Waals surface area contributed by atoms with E-state index in [1.165, 1.54) is 12.3 Å². The summed E-state index contributed by atoms with van der Waals surface area (Å²) in [6, 6.07) is 8.03. The Hall–Kier alpha value is -2.31. The van der Waals surface area contributed by atoms with E-state index >= 15 is 0 Å². The van der Waals surface area contributed by atoms with Gasteiger partial charge in [0.2, 0.25) is 5.88 Å². The second-order valence-corrected chi connectivity index (χ2v) is 6.60. The van der Waals surface area contributed by atoms with Crippen molar-refractivity contribution < 1.29 is 17.9 Å². The Morgan fingerprint density at radius 3 is 2.48 bits per heavy atom. The summed E-state index contributed by atoms with van der Waals surface area (Å²) in [6.45, 7) is 6.03. The SMILES string of the molecule is CCNC(=NCCOc1ncccc1C(F)(F)F)N1CCN(c2ccccn2)CC1.I. The summed E-state index contributed by atoms with van der Waals surface area (Å²) in [5.74, 6) is 1.25. The Bertz CT molecular complexity index is 829. The number of piperazine rings is 1. The number of hydrogen-bond acceptors (Lipinski definition) is 5. The summed E-state index contributed by atoms with van der Waals surface area (Å²) >= 11 is 0. The highest BCUT2D eigenvalue weighted by Crippen LogP contribution is 2.34. The Morgan fingerprint density at radius 1 is 1.10 bits per heavy atom. The largest absolute Gasteiger partial charge is 0.475 e. The summed E-state index contributed by atoms with van der Waals surface area (Å²) < 4.78 is 44.3. The molecule has 1 saturated heterocycles. The summed E-state index contributed by atoms with van der Waals surface area (Å²) in [4.78, 5) is 16.9. The van der Waals surface area contributed by atoms with Gasteiger partial charge in [-0.05, 0) is 31.2 Å². The molecule has 170 valence electrons. The molecule has 1 aliphatic heterocycles. The molecule has 1 N–H and O–H groups in total. The number of guanidine groups is 1. The number of halogens is 4. The van der Waals surface area contributed by atoms with Crippen LogP contribution in [-0.4, -0.2) is 66.7 Å². The lowest BCUT2D eigenvalue weighted by Crippen LogP contribution is -2.52. The molecule has 0 unspecified atom stereocenters. The van der Waals surface area contributed by atoms with E-state index in [1.54, 1.807) is 6.20 Å². The Kier molecular flexibility index (Phi) is 9.59. The van der Waals surface area contributed by atoms with Crippen LogP contribution in [0, 0.1) is 0 Å². The molecule has 0 spiro atoms. The molecule has 0 bridgehead atoms. The highest BCUT2D eigenvalue weighted by molar-refractivity contribution is 14.0. The zero-order valence-electron chi connectivity index (χ0n) is 17.2.